The summed E-state index contributed by atoms with van der Waals surface area (Å²) in [5.41, 5.74) is 4.80. The number of benzene rings is 2. The number of fused-ring (bicyclic) bond motifs is 1. The number of likely N-dealkylation sites (tertiary alicyclic amines) is 1. The maximum atomic E-state index is 13.0. The summed E-state index contributed by atoms with van der Waals surface area (Å²) in [6, 6.07) is 11.6. The van der Waals surface area contributed by atoms with Crippen molar-refractivity contribution in [1.29, 1.82) is 0 Å². The Hall–Kier alpha value is -3.35. The van der Waals surface area contributed by atoms with Gasteiger partial charge in [-0.1, -0.05) is 6.07 Å². The van der Waals surface area contributed by atoms with Gasteiger partial charge in [-0.15, -0.1) is 0 Å². The number of ether oxygens (including phenoxy) is 1. The van der Waals surface area contributed by atoms with E-state index in [9.17, 15) is 9.59 Å². The maximum absolute atomic E-state index is 13.0. The zero-order chi connectivity index (χ0) is 23.4. The quantitative estimate of drug-likeness (QED) is 0.536. The van der Waals surface area contributed by atoms with Crippen LogP contribution in [-0.2, 0) is 4.79 Å². The van der Waals surface area contributed by atoms with E-state index < -0.39 is 0 Å². The lowest BCUT2D eigenvalue weighted by molar-refractivity contribution is -0.122. The van der Waals surface area contributed by atoms with Crippen molar-refractivity contribution in [3.8, 4) is 5.75 Å². The number of H-pyrrole nitrogens is 1. The maximum Gasteiger partial charge on any atom is 0.253 e. The third kappa shape index (κ3) is 5.72. The minimum absolute atomic E-state index is 0.00680. The Labute approximate surface area is 194 Å². The van der Waals surface area contributed by atoms with Gasteiger partial charge in [-0.2, -0.15) is 0 Å². The van der Waals surface area contributed by atoms with Crippen LogP contribution in [0.4, 0.5) is 0 Å². The van der Waals surface area contributed by atoms with Gasteiger partial charge in [-0.25, -0.2) is 4.98 Å². The summed E-state index contributed by atoms with van der Waals surface area (Å²) in [6.45, 7) is 8.24. The van der Waals surface area contributed by atoms with Crippen molar-refractivity contribution < 1.29 is 14.3 Å². The fourth-order valence-corrected chi connectivity index (χ4v) is 4.37. The number of aryl methyl sites for hydroxylation is 3. The number of carbonyl (C=O) groups excluding carboxylic acids is 2. The second-order valence-electron chi connectivity index (χ2n) is 8.96. The molecule has 1 atom stereocenters. The number of nitrogens with one attached hydrogen (secondary N) is 2. The van der Waals surface area contributed by atoms with Crippen molar-refractivity contribution in [2.75, 3.05) is 26.2 Å². The first-order valence-corrected chi connectivity index (χ1v) is 11.6. The Kier molecular flexibility index (Phi) is 6.96. The molecule has 2 amide bonds. The summed E-state index contributed by atoms with van der Waals surface area (Å²) in [5.74, 6) is 1.83. The number of aromatic nitrogens is 2. The second kappa shape index (κ2) is 10.1. The molecular formula is C26H32N4O3. The number of piperidine rings is 1. The van der Waals surface area contributed by atoms with Crippen molar-refractivity contribution in [3.05, 3.63) is 58.9 Å². The molecule has 1 fully saturated rings. The molecule has 0 unspecified atom stereocenters. The van der Waals surface area contributed by atoms with Crippen molar-refractivity contribution in [2.24, 2.45) is 5.92 Å². The first-order chi connectivity index (χ1) is 15.9. The fourth-order valence-electron chi connectivity index (χ4n) is 4.37. The summed E-state index contributed by atoms with van der Waals surface area (Å²) in [4.78, 5) is 34.9. The predicted molar refractivity (Wildman–Crippen MR) is 128 cm³/mol. The molecule has 7 heteroatoms. The van der Waals surface area contributed by atoms with Crippen molar-refractivity contribution in [3.63, 3.8) is 0 Å². The highest BCUT2D eigenvalue weighted by Crippen LogP contribution is 2.23. The van der Waals surface area contributed by atoms with Crippen molar-refractivity contribution in [2.45, 2.75) is 40.0 Å². The zero-order valence-corrected chi connectivity index (χ0v) is 19.6. The number of hydrogen-bond acceptors (Lipinski definition) is 4. The monoisotopic (exact) mass is 448 g/mol. The van der Waals surface area contributed by atoms with E-state index >= 15 is 0 Å². The van der Waals surface area contributed by atoms with Crippen LogP contribution in [0.25, 0.3) is 11.0 Å². The van der Waals surface area contributed by atoms with E-state index in [1.807, 2.05) is 48.2 Å². The van der Waals surface area contributed by atoms with Crippen molar-refractivity contribution >= 4 is 22.8 Å². The van der Waals surface area contributed by atoms with Crippen LogP contribution < -0.4 is 10.1 Å². The van der Waals surface area contributed by atoms with Gasteiger partial charge in [0.05, 0.1) is 17.6 Å². The van der Waals surface area contributed by atoms with Crippen LogP contribution >= 0.6 is 0 Å². The van der Waals surface area contributed by atoms with Gasteiger partial charge in [0.15, 0.2) is 0 Å². The molecule has 2 heterocycles. The molecule has 1 aliphatic rings. The first-order valence-electron chi connectivity index (χ1n) is 11.6. The highest BCUT2D eigenvalue weighted by Gasteiger charge is 2.26. The Balaban J connectivity index is 1.24. The molecule has 2 N–H and O–H groups in total. The molecule has 1 aliphatic heterocycles. The Morgan fingerprint density at radius 1 is 1.15 bits per heavy atom. The molecule has 3 aromatic rings. The molecule has 4 rings (SSSR count). The van der Waals surface area contributed by atoms with Gasteiger partial charge in [0.1, 0.15) is 18.2 Å². The molecule has 0 saturated carbocycles. The number of amides is 2. The third-order valence-corrected chi connectivity index (χ3v) is 6.30. The van der Waals surface area contributed by atoms with E-state index in [2.05, 4.69) is 29.1 Å². The Morgan fingerprint density at radius 3 is 2.82 bits per heavy atom. The molecule has 0 spiro atoms. The predicted octanol–water partition coefficient (Wildman–Crippen LogP) is 3.93. The van der Waals surface area contributed by atoms with E-state index in [1.54, 1.807) is 0 Å². The smallest absolute Gasteiger partial charge is 0.253 e. The van der Waals surface area contributed by atoms with Gasteiger partial charge in [0.25, 0.3) is 5.91 Å². The Bertz CT molecular complexity index is 1150. The zero-order valence-electron chi connectivity index (χ0n) is 19.6. The topological polar surface area (TPSA) is 87.3 Å². The lowest BCUT2D eigenvalue weighted by Crippen LogP contribution is -2.41. The number of aromatic amines is 1. The highest BCUT2D eigenvalue weighted by atomic mass is 16.5. The lowest BCUT2D eigenvalue weighted by Gasteiger charge is -2.32. The second-order valence-corrected chi connectivity index (χ2v) is 8.96. The number of nitrogens with zero attached hydrogens (tertiary/aromatic N) is 2. The molecule has 1 aromatic heterocycles. The summed E-state index contributed by atoms with van der Waals surface area (Å²) in [5, 5.41) is 2.95. The van der Waals surface area contributed by atoms with Gasteiger partial charge in [-0.05, 0) is 81.0 Å². The molecule has 174 valence electrons. The third-order valence-electron chi connectivity index (χ3n) is 6.30. The van der Waals surface area contributed by atoms with Gasteiger partial charge < -0.3 is 19.9 Å². The average molecular weight is 449 g/mol. The number of rotatable bonds is 7. The minimum atomic E-state index is 0.00680. The molecule has 2 aromatic carbocycles. The van der Waals surface area contributed by atoms with Gasteiger partial charge >= 0.3 is 0 Å². The molecule has 7 nitrogen and oxygen atoms in total. The van der Waals surface area contributed by atoms with Gasteiger partial charge in [0.2, 0.25) is 5.91 Å². The number of imidazole rings is 1. The standard InChI is InChI=1S/C26H32N4O3/c1-17-6-8-22(13-18(17)2)33-12-10-27-25(31)14-20-5-4-11-30(16-20)26(32)21-7-9-23-24(15-21)29-19(3)28-23/h6-9,13,15,20H,4-5,10-12,14,16H2,1-3H3,(H,27,31)(H,28,29)/t20-/m1/s1. The van der Waals surface area contributed by atoms with Crippen LogP contribution in [0.3, 0.4) is 0 Å². The van der Waals surface area contributed by atoms with E-state index in [0.717, 1.165) is 42.0 Å². The number of carbonyl (C=O) groups is 2. The van der Waals surface area contributed by atoms with Crippen LogP contribution in [0, 0.1) is 26.7 Å². The van der Waals surface area contributed by atoms with E-state index in [-0.39, 0.29) is 17.7 Å². The molecule has 33 heavy (non-hydrogen) atoms. The normalized spacial score (nSPS) is 16.1. The van der Waals surface area contributed by atoms with E-state index in [4.69, 9.17) is 4.74 Å². The largest absolute Gasteiger partial charge is 0.492 e. The van der Waals surface area contributed by atoms with Gasteiger partial charge in [-0.3, -0.25) is 9.59 Å². The van der Waals surface area contributed by atoms with Crippen molar-refractivity contribution in [1.82, 2.24) is 20.2 Å². The van der Waals surface area contributed by atoms with Crippen LogP contribution in [0.5, 0.6) is 5.75 Å². The minimum Gasteiger partial charge on any atom is -0.492 e. The lowest BCUT2D eigenvalue weighted by atomic mass is 9.94. The molecule has 0 aliphatic carbocycles. The summed E-state index contributed by atoms with van der Waals surface area (Å²) >= 11 is 0. The summed E-state index contributed by atoms with van der Waals surface area (Å²) in [7, 11) is 0. The first kappa shape index (κ1) is 22.8. The SMILES string of the molecule is Cc1nc2ccc(C(=O)N3CCC[C@H](CC(=O)NCCOc4ccc(C)c(C)c4)C3)cc2[nH]1. The molecule has 0 bridgehead atoms. The average Bonchev–Trinajstić information content (AvgIpc) is 3.18. The van der Waals surface area contributed by atoms with E-state index in [1.165, 1.54) is 11.1 Å². The molecule has 1 saturated heterocycles. The molecule has 0 radical (unpaired) electrons. The fraction of sp³-hybridized carbons (Fsp3) is 0.423. The number of hydrogen-bond donors (Lipinski definition) is 2. The van der Waals surface area contributed by atoms with Crippen LogP contribution in [0.1, 0.15) is 46.6 Å². The van der Waals surface area contributed by atoms with Crippen LogP contribution in [0.15, 0.2) is 36.4 Å². The van der Waals surface area contributed by atoms with Gasteiger partial charge in [0, 0.05) is 25.1 Å². The Morgan fingerprint density at radius 2 is 2.00 bits per heavy atom. The summed E-state index contributed by atoms with van der Waals surface area (Å²) in [6.07, 6.45) is 2.28. The van der Waals surface area contributed by atoms with Crippen LogP contribution in [-0.4, -0.2) is 52.9 Å². The summed E-state index contributed by atoms with van der Waals surface area (Å²) < 4.78 is 5.74. The van der Waals surface area contributed by atoms with E-state index in [0.29, 0.717) is 31.7 Å². The highest BCUT2D eigenvalue weighted by molar-refractivity contribution is 5.97. The molecular weight excluding hydrogens is 416 g/mol. The van der Waals surface area contributed by atoms with Crippen LogP contribution in [0.2, 0.25) is 0 Å².